The normalized spacial score (nSPS) is 17.9. The van der Waals surface area contributed by atoms with Crippen molar-refractivity contribution in [2.45, 2.75) is 50.1 Å². The molecule has 0 aromatic heterocycles. The molecule has 200 valence electrons. The molecule has 38 heavy (non-hydrogen) atoms. The third-order valence-electron chi connectivity index (χ3n) is 8.06. The van der Waals surface area contributed by atoms with Gasteiger partial charge >= 0.3 is 0 Å². The summed E-state index contributed by atoms with van der Waals surface area (Å²) in [6.07, 6.45) is 6.71. The third kappa shape index (κ3) is 5.47. The second-order valence-corrected chi connectivity index (χ2v) is 10.4. The van der Waals surface area contributed by atoms with Crippen molar-refractivity contribution in [1.29, 1.82) is 0 Å². The van der Waals surface area contributed by atoms with Crippen LogP contribution in [0.2, 0.25) is 0 Å². The first-order chi connectivity index (χ1) is 18.3. The van der Waals surface area contributed by atoms with Gasteiger partial charge in [-0.3, -0.25) is 10.1 Å². The summed E-state index contributed by atoms with van der Waals surface area (Å²) in [5.74, 6) is -1.51. The summed E-state index contributed by atoms with van der Waals surface area (Å²) < 4.78 is 13.4. The van der Waals surface area contributed by atoms with Crippen LogP contribution < -0.4 is 10.6 Å². The van der Waals surface area contributed by atoms with Gasteiger partial charge in [-0.25, -0.2) is 4.39 Å². The van der Waals surface area contributed by atoms with Gasteiger partial charge in [-0.15, -0.1) is 0 Å². The maximum Gasteiger partial charge on any atom is 0.238 e. The smallest absolute Gasteiger partial charge is 0.238 e. The lowest BCUT2D eigenvalue weighted by molar-refractivity contribution is -0.116. The molecule has 1 aliphatic heterocycles. The Kier molecular flexibility index (Phi) is 7.53. The van der Waals surface area contributed by atoms with Crippen molar-refractivity contribution >= 4 is 11.6 Å². The van der Waals surface area contributed by atoms with Crippen LogP contribution in [0.1, 0.15) is 44.1 Å². The molecule has 0 bridgehead atoms. The van der Waals surface area contributed by atoms with E-state index in [0.29, 0.717) is 22.9 Å². The van der Waals surface area contributed by atoms with Crippen LogP contribution in [0.15, 0.2) is 60.7 Å². The van der Waals surface area contributed by atoms with Crippen LogP contribution in [-0.2, 0) is 10.3 Å². The molecule has 8 heteroatoms. The van der Waals surface area contributed by atoms with Crippen molar-refractivity contribution in [1.82, 2.24) is 10.2 Å². The number of anilines is 1. The number of amides is 1. The highest BCUT2D eigenvalue weighted by Crippen LogP contribution is 2.40. The van der Waals surface area contributed by atoms with Gasteiger partial charge in [0.15, 0.2) is 11.6 Å². The summed E-state index contributed by atoms with van der Waals surface area (Å²) in [4.78, 5) is 15.4. The van der Waals surface area contributed by atoms with Crippen molar-refractivity contribution in [3.63, 3.8) is 0 Å². The molecule has 2 fully saturated rings. The Morgan fingerprint density at radius 3 is 2.21 bits per heavy atom. The van der Waals surface area contributed by atoms with Crippen molar-refractivity contribution in [3.05, 3.63) is 72.0 Å². The first-order valence-electron chi connectivity index (χ1n) is 13.2. The number of carbonyl (C=O) groups excluding carboxylic acids is 1. The highest BCUT2D eigenvalue weighted by molar-refractivity contribution is 5.92. The van der Waals surface area contributed by atoms with Gasteiger partial charge in [0, 0.05) is 36.4 Å². The SMILES string of the molecule is O=C(CNC1(c2ccc(-c3c(O)cccc3O)cc2)CCN(C2CCCC2)CC1)Nc1ccc(F)c(O)c1. The molecule has 1 saturated heterocycles. The predicted molar refractivity (Wildman–Crippen MR) is 145 cm³/mol. The monoisotopic (exact) mass is 519 g/mol. The molecule has 3 aromatic rings. The van der Waals surface area contributed by atoms with Crippen LogP contribution in [-0.4, -0.2) is 51.8 Å². The zero-order chi connectivity index (χ0) is 26.7. The van der Waals surface area contributed by atoms with Crippen LogP contribution in [0.25, 0.3) is 11.1 Å². The molecule has 1 heterocycles. The molecule has 1 amide bonds. The Balaban J connectivity index is 1.35. The lowest BCUT2D eigenvalue weighted by atomic mass is 9.79. The summed E-state index contributed by atoms with van der Waals surface area (Å²) in [5, 5.41) is 36.4. The molecule has 5 N–H and O–H groups in total. The van der Waals surface area contributed by atoms with Gasteiger partial charge in [-0.2, -0.15) is 0 Å². The van der Waals surface area contributed by atoms with Crippen LogP contribution in [0, 0.1) is 5.82 Å². The van der Waals surface area contributed by atoms with E-state index in [0.717, 1.165) is 37.6 Å². The maximum absolute atomic E-state index is 13.4. The summed E-state index contributed by atoms with van der Waals surface area (Å²) in [6, 6.07) is 16.8. The van der Waals surface area contributed by atoms with E-state index in [1.165, 1.54) is 37.8 Å². The molecule has 0 spiro atoms. The standard InChI is InChI=1S/C30H34FN3O4/c31-24-13-12-22(18-27(24)37)33-28(38)19-32-30(14-16-34(17-15-30)23-4-1-2-5-23)21-10-8-20(9-11-21)29-25(35)6-3-7-26(29)36/h3,6-13,18,23,32,35-37H,1-2,4-5,14-17,19H2,(H,33,38). The molecule has 1 aliphatic carbocycles. The quantitative estimate of drug-likeness (QED) is 0.299. The molecule has 1 saturated carbocycles. The minimum atomic E-state index is -0.741. The lowest BCUT2D eigenvalue weighted by Gasteiger charge is -2.45. The minimum absolute atomic E-state index is 0.0129. The first kappa shape index (κ1) is 26.0. The highest BCUT2D eigenvalue weighted by Gasteiger charge is 2.38. The van der Waals surface area contributed by atoms with Crippen LogP contribution >= 0.6 is 0 Å². The molecule has 3 aromatic carbocycles. The van der Waals surface area contributed by atoms with Crippen LogP contribution in [0.5, 0.6) is 17.2 Å². The maximum atomic E-state index is 13.4. The number of phenols is 3. The second-order valence-electron chi connectivity index (χ2n) is 10.4. The van der Waals surface area contributed by atoms with Gasteiger partial charge in [0.2, 0.25) is 5.91 Å². The average molecular weight is 520 g/mol. The molecule has 5 rings (SSSR count). The topological polar surface area (TPSA) is 105 Å². The fourth-order valence-electron chi connectivity index (χ4n) is 5.93. The molecule has 7 nitrogen and oxygen atoms in total. The summed E-state index contributed by atoms with van der Waals surface area (Å²) in [7, 11) is 0. The van der Waals surface area contributed by atoms with Gasteiger partial charge in [0.25, 0.3) is 0 Å². The number of nitrogens with zero attached hydrogens (tertiary/aromatic N) is 1. The largest absolute Gasteiger partial charge is 0.507 e. The number of benzene rings is 3. The first-order valence-corrected chi connectivity index (χ1v) is 13.2. The zero-order valence-corrected chi connectivity index (χ0v) is 21.3. The number of phenolic OH excluding ortho intramolecular Hbond substituents is 3. The van der Waals surface area contributed by atoms with Crippen molar-refractivity contribution < 1.29 is 24.5 Å². The molecule has 0 unspecified atom stereocenters. The van der Waals surface area contributed by atoms with E-state index in [9.17, 15) is 24.5 Å². The average Bonchev–Trinajstić information content (AvgIpc) is 3.45. The Labute approximate surface area is 221 Å². The Hall–Kier alpha value is -3.62. The van der Waals surface area contributed by atoms with Gasteiger partial charge < -0.3 is 25.5 Å². The number of aromatic hydroxyl groups is 3. The van der Waals surface area contributed by atoms with E-state index >= 15 is 0 Å². The Morgan fingerprint density at radius 1 is 0.921 bits per heavy atom. The van der Waals surface area contributed by atoms with E-state index in [1.54, 1.807) is 18.2 Å². The fraction of sp³-hybridized carbons (Fsp3) is 0.367. The van der Waals surface area contributed by atoms with Crippen LogP contribution in [0.4, 0.5) is 10.1 Å². The number of carbonyl (C=O) groups is 1. The minimum Gasteiger partial charge on any atom is -0.507 e. The van der Waals surface area contributed by atoms with E-state index in [4.69, 9.17) is 0 Å². The van der Waals surface area contributed by atoms with Crippen molar-refractivity contribution in [3.8, 4) is 28.4 Å². The van der Waals surface area contributed by atoms with Gasteiger partial charge in [0.05, 0.1) is 12.1 Å². The molecule has 0 radical (unpaired) electrons. The molecular formula is C30H34FN3O4. The number of nitrogens with one attached hydrogen (secondary N) is 2. The van der Waals surface area contributed by atoms with Gasteiger partial charge in [-0.05, 0) is 61.1 Å². The molecular weight excluding hydrogens is 485 g/mol. The summed E-state index contributed by atoms with van der Waals surface area (Å²) in [6.45, 7) is 1.89. The molecule has 0 atom stereocenters. The second kappa shape index (κ2) is 11.0. The lowest BCUT2D eigenvalue weighted by Crippen LogP contribution is -2.54. The van der Waals surface area contributed by atoms with E-state index in [-0.39, 0.29) is 24.0 Å². The number of rotatable bonds is 7. The summed E-state index contributed by atoms with van der Waals surface area (Å²) in [5.41, 5.74) is 2.02. The number of hydrogen-bond acceptors (Lipinski definition) is 6. The zero-order valence-electron chi connectivity index (χ0n) is 21.3. The Morgan fingerprint density at radius 2 is 1.58 bits per heavy atom. The van der Waals surface area contributed by atoms with E-state index in [1.807, 2.05) is 24.3 Å². The van der Waals surface area contributed by atoms with Crippen LogP contribution in [0.3, 0.4) is 0 Å². The fourth-order valence-corrected chi connectivity index (χ4v) is 5.93. The van der Waals surface area contributed by atoms with E-state index in [2.05, 4.69) is 15.5 Å². The van der Waals surface area contributed by atoms with Gasteiger partial charge in [0.1, 0.15) is 11.5 Å². The van der Waals surface area contributed by atoms with Crippen molar-refractivity contribution in [2.24, 2.45) is 0 Å². The molecule has 2 aliphatic rings. The Bertz CT molecular complexity index is 1260. The number of likely N-dealkylation sites (tertiary alicyclic amines) is 1. The third-order valence-corrected chi connectivity index (χ3v) is 8.06. The number of piperidine rings is 1. The number of hydrogen-bond donors (Lipinski definition) is 5. The number of halogens is 1. The highest BCUT2D eigenvalue weighted by atomic mass is 19.1. The van der Waals surface area contributed by atoms with Crippen molar-refractivity contribution in [2.75, 3.05) is 25.0 Å². The summed E-state index contributed by atoms with van der Waals surface area (Å²) >= 11 is 0. The van der Waals surface area contributed by atoms with Gasteiger partial charge in [-0.1, -0.05) is 43.2 Å². The predicted octanol–water partition coefficient (Wildman–Crippen LogP) is 5.07. The van der Waals surface area contributed by atoms with E-state index < -0.39 is 17.1 Å².